The number of ether oxygens (including phenoxy) is 1. The van der Waals surface area contributed by atoms with Crippen LogP contribution in [0.15, 0.2) is 17.0 Å². The van der Waals surface area contributed by atoms with Crippen LogP contribution in [0.5, 0.6) is 0 Å². The van der Waals surface area contributed by atoms with Crippen molar-refractivity contribution in [1.29, 1.82) is 0 Å². The first-order valence-corrected chi connectivity index (χ1v) is 10.1. The first kappa shape index (κ1) is 19.9. The fraction of sp³-hybridized carbons (Fsp3) is 0.611. The van der Waals surface area contributed by atoms with Crippen LogP contribution in [-0.4, -0.2) is 52.0 Å². The molecule has 0 unspecified atom stereocenters. The van der Waals surface area contributed by atoms with E-state index in [9.17, 15) is 13.2 Å². The molecule has 7 heteroatoms. The van der Waals surface area contributed by atoms with Crippen molar-refractivity contribution >= 4 is 15.9 Å². The van der Waals surface area contributed by atoms with Gasteiger partial charge in [0.25, 0.3) is 0 Å². The summed E-state index contributed by atoms with van der Waals surface area (Å²) < 4.78 is 32.7. The molecule has 1 aromatic carbocycles. The maximum absolute atomic E-state index is 13.1. The fourth-order valence-corrected chi connectivity index (χ4v) is 5.43. The summed E-state index contributed by atoms with van der Waals surface area (Å²) in [5.41, 5.74) is 2.55. The molecule has 0 saturated carbocycles. The van der Waals surface area contributed by atoms with Crippen LogP contribution in [0.25, 0.3) is 0 Å². The lowest BCUT2D eigenvalue weighted by atomic mass is 9.99. The topological polar surface area (TPSA) is 75.7 Å². The zero-order valence-corrected chi connectivity index (χ0v) is 16.3. The first-order chi connectivity index (χ1) is 11.8. The quantitative estimate of drug-likeness (QED) is 0.777. The largest absolute Gasteiger partial charge is 0.383 e. The second-order valence-electron chi connectivity index (χ2n) is 6.71. The van der Waals surface area contributed by atoms with E-state index in [1.165, 1.54) is 4.31 Å². The van der Waals surface area contributed by atoms with Gasteiger partial charge in [-0.3, -0.25) is 4.79 Å². The number of aryl methyl sites for hydroxylation is 3. The fourth-order valence-electron chi connectivity index (χ4n) is 3.50. The van der Waals surface area contributed by atoms with Crippen molar-refractivity contribution in [2.75, 3.05) is 33.4 Å². The average Bonchev–Trinajstić information content (AvgIpc) is 2.54. The predicted molar refractivity (Wildman–Crippen MR) is 97.0 cm³/mol. The summed E-state index contributed by atoms with van der Waals surface area (Å²) in [4.78, 5) is 12.6. The molecule has 1 aliphatic rings. The van der Waals surface area contributed by atoms with E-state index in [-0.39, 0.29) is 18.4 Å². The summed E-state index contributed by atoms with van der Waals surface area (Å²) in [6.07, 6.45) is 1.39. The van der Waals surface area contributed by atoms with Crippen molar-refractivity contribution in [2.45, 2.75) is 38.5 Å². The van der Waals surface area contributed by atoms with Gasteiger partial charge < -0.3 is 10.1 Å². The molecular formula is C18H28N2O4S. The van der Waals surface area contributed by atoms with Crippen LogP contribution < -0.4 is 5.32 Å². The van der Waals surface area contributed by atoms with Crippen LogP contribution in [0.4, 0.5) is 0 Å². The lowest BCUT2D eigenvalue weighted by molar-refractivity contribution is -0.126. The summed E-state index contributed by atoms with van der Waals surface area (Å²) in [5, 5.41) is 2.81. The van der Waals surface area contributed by atoms with Gasteiger partial charge in [0.2, 0.25) is 15.9 Å². The molecule has 1 aliphatic heterocycles. The highest BCUT2D eigenvalue weighted by molar-refractivity contribution is 7.89. The number of benzene rings is 1. The Kier molecular flexibility index (Phi) is 6.59. The van der Waals surface area contributed by atoms with Crippen LogP contribution >= 0.6 is 0 Å². The molecule has 1 saturated heterocycles. The summed E-state index contributed by atoms with van der Waals surface area (Å²) in [6, 6.07) is 3.78. The zero-order chi connectivity index (χ0) is 18.6. The Hall–Kier alpha value is -1.44. The summed E-state index contributed by atoms with van der Waals surface area (Å²) >= 11 is 0. The van der Waals surface area contributed by atoms with Gasteiger partial charge in [-0.25, -0.2) is 8.42 Å². The summed E-state index contributed by atoms with van der Waals surface area (Å²) in [7, 11) is -2.03. The van der Waals surface area contributed by atoms with Crippen molar-refractivity contribution in [1.82, 2.24) is 9.62 Å². The predicted octanol–water partition coefficient (Wildman–Crippen LogP) is 1.78. The van der Waals surface area contributed by atoms with E-state index in [1.54, 1.807) is 7.11 Å². The standard InChI is InChI=1S/C18H28N2O4S/c1-13-10-14(2)17(15(3)11-13)25(22,23)20-8-5-6-16(12-20)18(21)19-7-9-24-4/h10-11,16H,5-9,12H2,1-4H3,(H,19,21)/t16-/m0/s1. The minimum Gasteiger partial charge on any atom is -0.383 e. The number of hydrogen-bond acceptors (Lipinski definition) is 4. The van der Waals surface area contributed by atoms with E-state index in [4.69, 9.17) is 4.74 Å². The number of rotatable bonds is 6. The molecule has 1 atom stereocenters. The van der Waals surface area contributed by atoms with E-state index in [0.29, 0.717) is 37.4 Å². The van der Waals surface area contributed by atoms with Crippen molar-refractivity contribution < 1.29 is 17.9 Å². The lowest BCUT2D eigenvalue weighted by Gasteiger charge is -2.32. The first-order valence-electron chi connectivity index (χ1n) is 8.62. The molecule has 1 N–H and O–H groups in total. The Labute approximate surface area is 150 Å². The highest BCUT2D eigenvalue weighted by Gasteiger charge is 2.34. The SMILES string of the molecule is COCCNC(=O)[C@H]1CCCN(S(=O)(=O)c2c(C)cc(C)cc2C)C1. The van der Waals surface area contributed by atoms with Crippen molar-refractivity contribution in [3.05, 3.63) is 28.8 Å². The third-order valence-corrected chi connectivity index (χ3v) is 6.73. The average molecular weight is 368 g/mol. The van der Waals surface area contributed by atoms with Gasteiger partial charge in [-0.2, -0.15) is 4.31 Å². The van der Waals surface area contributed by atoms with Crippen LogP contribution in [0.1, 0.15) is 29.5 Å². The molecule has 1 heterocycles. The van der Waals surface area contributed by atoms with Gasteiger partial charge in [0.15, 0.2) is 0 Å². The van der Waals surface area contributed by atoms with Gasteiger partial charge in [-0.15, -0.1) is 0 Å². The molecule has 1 fully saturated rings. The van der Waals surface area contributed by atoms with Gasteiger partial charge in [0.05, 0.1) is 17.4 Å². The summed E-state index contributed by atoms with van der Waals surface area (Å²) in [6.45, 7) is 7.18. The third kappa shape index (κ3) is 4.59. The molecule has 0 aromatic heterocycles. The van der Waals surface area contributed by atoms with Gasteiger partial charge in [-0.1, -0.05) is 17.7 Å². The molecule has 0 bridgehead atoms. The Morgan fingerprint density at radius 3 is 2.52 bits per heavy atom. The van der Waals surface area contributed by atoms with Crippen molar-refractivity contribution in [3.63, 3.8) is 0 Å². The van der Waals surface area contributed by atoms with Crippen molar-refractivity contribution in [2.24, 2.45) is 5.92 Å². The van der Waals surface area contributed by atoms with E-state index >= 15 is 0 Å². The number of amides is 1. The van der Waals surface area contributed by atoms with Crippen LogP contribution in [-0.2, 0) is 19.6 Å². The number of carbonyl (C=O) groups is 1. The Balaban J connectivity index is 2.19. The van der Waals surface area contributed by atoms with Crippen LogP contribution in [0.2, 0.25) is 0 Å². The molecule has 0 aliphatic carbocycles. The minimum absolute atomic E-state index is 0.102. The molecule has 1 aromatic rings. The Morgan fingerprint density at radius 1 is 1.28 bits per heavy atom. The van der Waals surface area contributed by atoms with Crippen LogP contribution in [0, 0.1) is 26.7 Å². The smallest absolute Gasteiger partial charge is 0.243 e. The molecule has 6 nitrogen and oxygen atoms in total. The maximum atomic E-state index is 13.1. The van der Waals surface area contributed by atoms with E-state index in [2.05, 4.69) is 5.32 Å². The molecule has 25 heavy (non-hydrogen) atoms. The molecule has 2 rings (SSSR count). The second-order valence-corrected chi connectivity index (χ2v) is 8.59. The maximum Gasteiger partial charge on any atom is 0.243 e. The molecular weight excluding hydrogens is 340 g/mol. The Bertz CT molecular complexity index is 708. The van der Waals surface area contributed by atoms with Crippen molar-refractivity contribution in [3.8, 4) is 0 Å². The molecule has 1 amide bonds. The number of nitrogens with zero attached hydrogens (tertiary/aromatic N) is 1. The zero-order valence-electron chi connectivity index (χ0n) is 15.5. The number of piperidine rings is 1. The highest BCUT2D eigenvalue weighted by atomic mass is 32.2. The third-order valence-electron chi connectivity index (χ3n) is 4.56. The number of sulfonamides is 1. The van der Waals surface area contributed by atoms with Gasteiger partial charge in [-0.05, 0) is 44.7 Å². The molecule has 140 valence electrons. The Morgan fingerprint density at radius 2 is 1.92 bits per heavy atom. The highest BCUT2D eigenvalue weighted by Crippen LogP contribution is 2.28. The normalized spacial score (nSPS) is 19.0. The van der Waals surface area contributed by atoms with E-state index in [1.807, 2.05) is 32.9 Å². The lowest BCUT2D eigenvalue weighted by Crippen LogP contribution is -2.46. The van der Waals surface area contributed by atoms with Gasteiger partial charge >= 0.3 is 0 Å². The number of methoxy groups -OCH3 is 1. The van der Waals surface area contributed by atoms with E-state index in [0.717, 1.165) is 16.7 Å². The second kappa shape index (κ2) is 8.29. The number of carbonyl (C=O) groups excluding carboxylic acids is 1. The monoisotopic (exact) mass is 368 g/mol. The van der Waals surface area contributed by atoms with Crippen LogP contribution in [0.3, 0.4) is 0 Å². The molecule has 0 spiro atoms. The summed E-state index contributed by atoms with van der Waals surface area (Å²) in [5.74, 6) is -0.416. The minimum atomic E-state index is -3.60. The number of hydrogen-bond donors (Lipinski definition) is 1. The van der Waals surface area contributed by atoms with E-state index < -0.39 is 10.0 Å². The van der Waals surface area contributed by atoms with Gasteiger partial charge in [0.1, 0.15) is 0 Å². The van der Waals surface area contributed by atoms with Gasteiger partial charge in [0, 0.05) is 26.7 Å². The molecule has 0 radical (unpaired) electrons. The number of nitrogens with one attached hydrogen (secondary N) is 1.